The maximum absolute atomic E-state index is 13.3. The first-order chi connectivity index (χ1) is 14.8. The maximum atomic E-state index is 13.3. The number of carbonyl (C=O) groups is 3. The van der Waals surface area contributed by atoms with Crippen molar-refractivity contribution in [2.75, 3.05) is 24.7 Å². The number of benzene rings is 1. The highest BCUT2D eigenvalue weighted by Gasteiger charge is 2.43. The molecule has 1 saturated heterocycles. The molecule has 2 aliphatic rings. The van der Waals surface area contributed by atoms with Gasteiger partial charge in [0.25, 0.3) is 5.91 Å². The molecule has 1 unspecified atom stereocenters. The van der Waals surface area contributed by atoms with Gasteiger partial charge in [-0.05, 0) is 51.2 Å². The van der Waals surface area contributed by atoms with Crippen LogP contribution in [-0.4, -0.2) is 59.8 Å². The molecule has 0 aromatic heterocycles. The van der Waals surface area contributed by atoms with Gasteiger partial charge in [-0.1, -0.05) is 12.7 Å². The van der Waals surface area contributed by atoms with E-state index in [0.717, 1.165) is 23.3 Å². The molecule has 8 nitrogen and oxygen atoms in total. The van der Waals surface area contributed by atoms with Crippen molar-refractivity contribution >= 4 is 23.5 Å². The van der Waals surface area contributed by atoms with Crippen molar-refractivity contribution in [3.8, 4) is 5.75 Å². The highest BCUT2D eigenvalue weighted by Crippen LogP contribution is 2.38. The molecule has 168 valence electrons. The highest BCUT2D eigenvalue weighted by atomic mass is 16.6. The number of ether oxygens (including phenoxy) is 2. The summed E-state index contributed by atoms with van der Waals surface area (Å²) in [4.78, 5) is 40.2. The molecule has 0 radical (unpaired) electrons. The van der Waals surface area contributed by atoms with E-state index in [-0.39, 0.29) is 24.0 Å². The summed E-state index contributed by atoms with van der Waals surface area (Å²) >= 11 is 0. The zero-order chi connectivity index (χ0) is 22.5. The summed E-state index contributed by atoms with van der Waals surface area (Å²) in [5.41, 5.74) is 1.32. The fourth-order valence-electron chi connectivity index (χ4n) is 4.10. The standard InChI is InChI=1S/C23H30N2O6/c1-4-11-31-23(29)25-19-14-20(30-12-7-8-16(3)26)15(2)13-17(19)21(27)24-10-6-5-9-18(24)22(25)28/h4,13-14,18,22,28H,1,5-12H2,2-3H3/t18-,22?/m0/s1. The Morgan fingerprint density at radius 2 is 2.10 bits per heavy atom. The lowest BCUT2D eigenvalue weighted by Crippen LogP contribution is -2.55. The van der Waals surface area contributed by atoms with Crippen molar-refractivity contribution < 1.29 is 29.0 Å². The molecule has 2 aliphatic heterocycles. The zero-order valence-corrected chi connectivity index (χ0v) is 18.1. The first kappa shape index (κ1) is 22.8. The summed E-state index contributed by atoms with van der Waals surface area (Å²) < 4.78 is 11.1. The van der Waals surface area contributed by atoms with Crippen LogP contribution in [0.15, 0.2) is 24.8 Å². The van der Waals surface area contributed by atoms with Crippen molar-refractivity contribution in [1.29, 1.82) is 0 Å². The van der Waals surface area contributed by atoms with Crippen LogP contribution >= 0.6 is 0 Å². The molecule has 1 aromatic rings. The number of fused-ring (bicyclic) bond motifs is 2. The largest absolute Gasteiger partial charge is 0.493 e. The molecule has 1 fully saturated rings. The quantitative estimate of drug-likeness (QED) is 0.527. The number of Topliss-reactive ketones (excluding diaryl/α,β-unsaturated/α-hetero) is 1. The Balaban J connectivity index is 2.00. The Bertz CT molecular complexity index is 868. The van der Waals surface area contributed by atoms with Crippen LogP contribution in [0, 0.1) is 6.92 Å². The van der Waals surface area contributed by atoms with Crippen LogP contribution in [0.4, 0.5) is 10.5 Å². The van der Waals surface area contributed by atoms with Gasteiger partial charge in [0.15, 0.2) is 6.23 Å². The van der Waals surface area contributed by atoms with Crippen LogP contribution in [0.2, 0.25) is 0 Å². The van der Waals surface area contributed by atoms with Gasteiger partial charge in [0, 0.05) is 19.0 Å². The molecule has 1 N–H and O–H groups in total. The van der Waals surface area contributed by atoms with Crippen molar-refractivity contribution in [2.45, 2.75) is 58.2 Å². The number of aliphatic hydroxyl groups is 1. The SMILES string of the molecule is C=CCOC(=O)N1c2cc(OCCCC(C)=O)c(C)cc2C(=O)N2CCCC[C@H]2C1O. The van der Waals surface area contributed by atoms with E-state index in [9.17, 15) is 19.5 Å². The highest BCUT2D eigenvalue weighted by molar-refractivity contribution is 6.05. The summed E-state index contributed by atoms with van der Waals surface area (Å²) in [5.74, 6) is 0.358. The van der Waals surface area contributed by atoms with E-state index in [0.29, 0.717) is 43.7 Å². The van der Waals surface area contributed by atoms with E-state index >= 15 is 0 Å². The fourth-order valence-corrected chi connectivity index (χ4v) is 4.10. The van der Waals surface area contributed by atoms with Crippen LogP contribution in [0.3, 0.4) is 0 Å². The average molecular weight is 431 g/mol. The van der Waals surface area contributed by atoms with Crippen molar-refractivity contribution in [2.24, 2.45) is 0 Å². The number of hydrogen-bond acceptors (Lipinski definition) is 6. The second kappa shape index (κ2) is 9.96. The van der Waals surface area contributed by atoms with Crippen molar-refractivity contribution in [3.05, 3.63) is 35.9 Å². The smallest absolute Gasteiger partial charge is 0.416 e. The molecule has 3 rings (SSSR count). The van der Waals surface area contributed by atoms with Gasteiger partial charge in [0.2, 0.25) is 0 Å². The molecule has 2 amide bonds. The summed E-state index contributed by atoms with van der Waals surface area (Å²) in [7, 11) is 0. The van der Waals surface area contributed by atoms with Crippen LogP contribution < -0.4 is 9.64 Å². The molecule has 1 aromatic carbocycles. The second-order valence-corrected chi connectivity index (χ2v) is 8.00. The normalized spacial score (nSPS) is 20.4. The third-order valence-electron chi connectivity index (χ3n) is 5.65. The van der Waals surface area contributed by atoms with Crippen LogP contribution in [0.25, 0.3) is 0 Å². The Morgan fingerprint density at radius 3 is 2.81 bits per heavy atom. The van der Waals surface area contributed by atoms with E-state index < -0.39 is 18.4 Å². The van der Waals surface area contributed by atoms with Gasteiger partial charge < -0.3 is 24.3 Å². The number of aryl methyl sites for hydroxylation is 1. The number of aliphatic hydroxyl groups excluding tert-OH is 1. The van der Waals surface area contributed by atoms with Gasteiger partial charge in [0.1, 0.15) is 18.1 Å². The van der Waals surface area contributed by atoms with Gasteiger partial charge >= 0.3 is 6.09 Å². The lowest BCUT2D eigenvalue weighted by Gasteiger charge is -2.38. The number of amides is 2. The van der Waals surface area contributed by atoms with Crippen LogP contribution in [-0.2, 0) is 9.53 Å². The number of nitrogens with zero attached hydrogens (tertiary/aromatic N) is 2. The molecule has 8 heteroatoms. The summed E-state index contributed by atoms with van der Waals surface area (Å²) in [5, 5.41) is 11.1. The third-order valence-corrected chi connectivity index (χ3v) is 5.65. The average Bonchev–Trinajstić information content (AvgIpc) is 2.83. The Labute approximate surface area is 182 Å². The van der Waals surface area contributed by atoms with Crippen LogP contribution in [0.1, 0.15) is 54.9 Å². The van der Waals surface area contributed by atoms with Gasteiger partial charge in [0.05, 0.1) is 23.9 Å². The first-order valence-corrected chi connectivity index (χ1v) is 10.7. The van der Waals surface area contributed by atoms with E-state index in [2.05, 4.69) is 6.58 Å². The number of carbonyl (C=O) groups excluding carboxylic acids is 3. The molecular weight excluding hydrogens is 400 g/mol. The van der Waals surface area contributed by atoms with Gasteiger partial charge in [-0.2, -0.15) is 0 Å². The minimum absolute atomic E-state index is 0.0139. The van der Waals surface area contributed by atoms with E-state index in [4.69, 9.17) is 9.47 Å². The number of hydrogen-bond donors (Lipinski definition) is 1. The topological polar surface area (TPSA) is 96.4 Å². The zero-order valence-electron chi connectivity index (χ0n) is 18.1. The number of anilines is 1. The van der Waals surface area contributed by atoms with Gasteiger partial charge in [-0.25, -0.2) is 9.69 Å². The predicted octanol–water partition coefficient (Wildman–Crippen LogP) is 3.20. The number of ketones is 1. The third kappa shape index (κ3) is 4.90. The minimum Gasteiger partial charge on any atom is -0.493 e. The Morgan fingerprint density at radius 1 is 1.32 bits per heavy atom. The summed E-state index contributed by atoms with van der Waals surface area (Å²) in [6.07, 6.45) is 2.74. The first-order valence-electron chi connectivity index (χ1n) is 10.7. The monoisotopic (exact) mass is 430 g/mol. The molecule has 0 saturated carbocycles. The lowest BCUT2D eigenvalue weighted by molar-refractivity contribution is -0.117. The molecule has 31 heavy (non-hydrogen) atoms. The summed E-state index contributed by atoms with van der Waals surface area (Å²) in [6.45, 7) is 7.74. The molecule has 2 heterocycles. The molecule has 2 atom stereocenters. The molecule has 0 aliphatic carbocycles. The van der Waals surface area contributed by atoms with E-state index in [1.54, 1.807) is 17.0 Å². The summed E-state index contributed by atoms with van der Waals surface area (Å²) in [6, 6.07) is 2.79. The van der Waals surface area contributed by atoms with Crippen molar-refractivity contribution in [1.82, 2.24) is 4.90 Å². The Kier molecular flexibility index (Phi) is 7.33. The van der Waals surface area contributed by atoms with E-state index in [1.807, 2.05) is 6.92 Å². The number of rotatable bonds is 7. The van der Waals surface area contributed by atoms with Crippen LogP contribution in [0.5, 0.6) is 5.75 Å². The fraction of sp³-hybridized carbons (Fsp3) is 0.522. The maximum Gasteiger partial charge on any atom is 0.416 e. The Hall–Kier alpha value is -2.87. The predicted molar refractivity (Wildman–Crippen MR) is 115 cm³/mol. The van der Waals surface area contributed by atoms with E-state index in [1.165, 1.54) is 13.0 Å². The van der Waals surface area contributed by atoms with Gasteiger partial charge in [-0.3, -0.25) is 4.79 Å². The number of piperidine rings is 1. The van der Waals surface area contributed by atoms with Crippen molar-refractivity contribution in [3.63, 3.8) is 0 Å². The van der Waals surface area contributed by atoms with Gasteiger partial charge in [-0.15, -0.1) is 0 Å². The second-order valence-electron chi connectivity index (χ2n) is 8.00. The lowest BCUT2D eigenvalue weighted by atomic mass is 10.00. The molecular formula is C23H30N2O6. The molecule has 0 bridgehead atoms. The minimum atomic E-state index is -1.24. The molecule has 0 spiro atoms.